The number of aliphatic imine (C=N–C) groups is 2. The summed E-state index contributed by atoms with van der Waals surface area (Å²) in [5, 5.41) is 13.9. The summed E-state index contributed by atoms with van der Waals surface area (Å²) in [6.45, 7) is 2.80. The van der Waals surface area contributed by atoms with Crippen LogP contribution in [0.4, 0.5) is 0 Å². The molecule has 2 bridgehead atoms. The number of allylic oxidation sites excluding steroid dienone is 2. The summed E-state index contributed by atoms with van der Waals surface area (Å²) in [4.78, 5) is 23.2. The van der Waals surface area contributed by atoms with E-state index in [2.05, 4.69) is 70.6 Å². The van der Waals surface area contributed by atoms with Gasteiger partial charge in [-0.25, -0.2) is 0 Å². The lowest BCUT2D eigenvalue weighted by Crippen LogP contribution is -2.34. The molecular formula is C36H34BrN3O2. The zero-order chi connectivity index (χ0) is 28.9. The molecule has 7 rings (SSSR count). The number of nitrogens with one attached hydrogen (secondary N) is 1. The van der Waals surface area contributed by atoms with Gasteiger partial charge in [-0.15, -0.1) is 0 Å². The number of hydrogen-bond donors (Lipinski definition) is 2. The van der Waals surface area contributed by atoms with Crippen molar-refractivity contribution in [2.75, 3.05) is 0 Å². The number of halogens is 1. The molecular weight excluding hydrogens is 586 g/mol. The van der Waals surface area contributed by atoms with Crippen LogP contribution in [0.15, 0.2) is 111 Å². The van der Waals surface area contributed by atoms with Crippen LogP contribution >= 0.6 is 15.9 Å². The Labute approximate surface area is 255 Å². The van der Waals surface area contributed by atoms with Gasteiger partial charge in [0.15, 0.2) is 0 Å². The number of amides is 1. The van der Waals surface area contributed by atoms with Crippen LogP contribution in [-0.4, -0.2) is 28.5 Å². The number of hydrogen-bond acceptors (Lipinski definition) is 4. The van der Waals surface area contributed by atoms with Crippen molar-refractivity contribution in [2.24, 2.45) is 21.8 Å². The van der Waals surface area contributed by atoms with E-state index >= 15 is 0 Å². The fourth-order valence-electron chi connectivity index (χ4n) is 6.80. The first kappa shape index (κ1) is 27.1. The summed E-state index contributed by atoms with van der Waals surface area (Å²) in [6, 6.07) is 26.1. The third-order valence-electron chi connectivity index (χ3n) is 9.44. The third kappa shape index (κ3) is 4.96. The molecule has 212 valence electrons. The molecule has 6 heteroatoms. The Hall–Kier alpha value is -3.77. The van der Waals surface area contributed by atoms with Gasteiger partial charge in [-0.2, -0.15) is 0 Å². The normalized spacial score (nSPS) is 25.2. The molecule has 2 fully saturated rings. The van der Waals surface area contributed by atoms with Crippen molar-refractivity contribution in [1.82, 2.24) is 5.32 Å². The van der Waals surface area contributed by atoms with E-state index in [4.69, 9.17) is 9.98 Å². The molecule has 42 heavy (non-hydrogen) atoms. The molecule has 4 aliphatic rings. The van der Waals surface area contributed by atoms with Crippen molar-refractivity contribution in [2.45, 2.75) is 56.5 Å². The van der Waals surface area contributed by atoms with Gasteiger partial charge in [0.25, 0.3) is 0 Å². The van der Waals surface area contributed by atoms with E-state index in [1.165, 1.54) is 11.1 Å². The van der Waals surface area contributed by atoms with Crippen LogP contribution in [0.25, 0.3) is 0 Å². The highest BCUT2D eigenvalue weighted by Gasteiger charge is 2.58. The molecule has 2 aliphatic heterocycles. The van der Waals surface area contributed by atoms with Gasteiger partial charge in [0.2, 0.25) is 5.91 Å². The number of carbonyl (C=O) groups excluding carboxylic acids is 1. The Bertz CT molecular complexity index is 1680. The average Bonchev–Trinajstić information content (AvgIpc) is 3.92. The van der Waals surface area contributed by atoms with Crippen LogP contribution < -0.4 is 5.32 Å². The summed E-state index contributed by atoms with van der Waals surface area (Å²) >= 11 is 3.65. The summed E-state index contributed by atoms with van der Waals surface area (Å²) < 4.78 is 0.914. The zero-order valence-electron chi connectivity index (χ0n) is 23.7. The first-order chi connectivity index (χ1) is 20.4. The summed E-state index contributed by atoms with van der Waals surface area (Å²) in [7, 11) is 0. The smallest absolute Gasteiger partial charge is 0.230 e. The Morgan fingerprint density at radius 2 is 1.81 bits per heavy atom. The minimum atomic E-state index is -0.364. The fourth-order valence-corrected chi connectivity index (χ4v) is 7.13. The maximum atomic E-state index is 13.2. The topological polar surface area (TPSA) is 74.0 Å². The molecule has 3 atom stereocenters. The van der Waals surface area contributed by atoms with Gasteiger partial charge < -0.3 is 10.4 Å². The molecule has 1 amide bonds. The molecule has 0 radical (unpaired) electrons. The quantitative estimate of drug-likeness (QED) is 0.280. The van der Waals surface area contributed by atoms with Crippen LogP contribution in [-0.2, 0) is 23.2 Å². The van der Waals surface area contributed by atoms with E-state index in [0.29, 0.717) is 12.5 Å². The third-order valence-corrected chi connectivity index (χ3v) is 10.1. The highest BCUT2D eigenvalue weighted by molar-refractivity contribution is 9.12. The Balaban J connectivity index is 1.11. The molecule has 2 aliphatic carbocycles. The first-order valence-electron chi connectivity index (χ1n) is 14.8. The second-order valence-electron chi connectivity index (χ2n) is 12.3. The largest absolute Gasteiger partial charge is 0.507 e. The summed E-state index contributed by atoms with van der Waals surface area (Å²) in [5.74, 6) is 0.966. The maximum Gasteiger partial charge on any atom is 0.230 e. The number of nitrogens with zero attached hydrogens (tertiary/aromatic N) is 2. The molecule has 2 N–H and O–H groups in total. The number of benzene rings is 3. The van der Waals surface area contributed by atoms with Crippen molar-refractivity contribution < 1.29 is 9.90 Å². The second-order valence-corrected chi connectivity index (χ2v) is 13.2. The SMILES string of the molecule is C[C@@H](Cc1cccc(CNC(=O)C2(c3ccccc3)CC2)c1)/C1=C/C(c2ccccc2O)=NC2=C(Br)C=NC3(C2)CC13. The minimum absolute atomic E-state index is 0.107. The summed E-state index contributed by atoms with van der Waals surface area (Å²) in [6.07, 6.45) is 8.62. The van der Waals surface area contributed by atoms with Gasteiger partial charge >= 0.3 is 0 Å². The number of phenolic OH excluding ortho intramolecular Hbond substituents is 1. The van der Waals surface area contributed by atoms with E-state index in [9.17, 15) is 9.90 Å². The van der Waals surface area contributed by atoms with Crippen molar-refractivity contribution >= 4 is 33.8 Å². The Morgan fingerprint density at radius 1 is 1.05 bits per heavy atom. The number of carbonyl (C=O) groups is 1. The highest BCUT2D eigenvalue weighted by atomic mass is 79.9. The molecule has 2 unspecified atom stereocenters. The first-order valence-corrected chi connectivity index (χ1v) is 15.6. The number of phenols is 1. The predicted octanol–water partition coefficient (Wildman–Crippen LogP) is 7.19. The number of rotatable bonds is 8. The van der Waals surface area contributed by atoms with E-state index in [1.807, 2.05) is 42.6 Å². The molecule has 3 aromatic rings. The van der Waals surface area contributed by atoms with Crippen molar-refractivity contribution in [3.63, 3.8) is 0 Å². The lowest BCUT2D eigenvalue weighted by molar-refractivity contribution is -0.123. The van der Waals surface area contributed by atoms with Crippen LogP contribution in [0.3, 0.4) is 0 Å². The van der Waals surface area contributed by atoms with Crippen molar-refractivity contribution in [3.05, 3.63) is 123 Å². The number of fused-ring (bicyclic) bond motifs is 1. The average molecular weight is 621 g/mol. The second kappa shape index (κ2) is 10.5. The molecule has 2 heterocycles. The van der Waals surface area contributed by atoms with Crippen molar-refractivity contribution in [3.8, 4) is 5.75 Å². The van der Waals surface area contributed by atoms with Gasteiger partial charge in [0.1, 0.15) is 5.75 Å². The molecule has 0 saturated heterocycles. The van der Waals surface area contributed by atoms with E-state index in [-0.39, 0.29) is 28.5 Å². The van der Waals surface area contributed by atoms with Crippen LogP contribution in [0.5, 0.6) is 5.75 Å². The minimum Gasteiger partial charge on any atom is -0.507 e. The van der Waals surface area contributed by atoms with Gasteiger partial charge in [0, 0.05) is 30.7 Å². The molecule has 2 saturated carbocycles. The van der Waals surface area contributed by atoms with Crippen LogP contribution in [0.1, 0.15) is 54.9 Å². The zero-order valence-corrected chi connectivity index (χ0v) is 25.3. The molecule has 5 nitrogen and oxygen atoms in total. The maximum absolute atomic E-state index is 13.2. The predicted molar refractivity (Wildman–Crippen MR) is 171 cm³/mol. The van der Waals surface area contributed by atoms with Crippen molar-refractivity contribution in [1.29, 1.82) is 0 Å². The lowest BCUT2D eigenvalue weighted by atomic mass is 9.85. The van der Waals surface area contributed by atoms with Gasteiger partial charge in [-0.3, -0.25) is 14.8 Å². The van der Waals surface area contributed by atoms with E-state index in [0.717, 1.165) is 64.7 Å². The van der Waals surface area contributed by atoms with Gasteiger partial charge in [0.05, 0.1) is 26.8 Å². The lowest BCUT2D eigenvalue weighted by Gasteiger charge is -2.25. The Morgan fingerprint density at radius 3 is 2.60 bits per heavy atom. The fraction of sp³-hybridized carbons (Fsp3) is 0.306. The number of aromatic hydroxyl groups is 1. The number of dihydropyridines is 1. The van der Waals surface area contributed by atoms with E-state index < -0.39 is 0 Å². The molecule has 0 aromatic heterocycles. The molecule has 1 spiro atoms. The monoisotopic (exact) mass is 619 g/mol. The standard InChI is InChI=1S/C36H34BrN3O2/c1-23(16-24-8-7-9-25(17-24)21-38-34(42)35(14-15-35)26-10-3-2-4-11-26)28-18-31(27-12-5-6-13-33(27)41)40-32-20-36(19-29(28)36)39-22-30(32)37/h2-13,17-18,22-23,29,41H,14-16,19-21H2,1H3,(H,38,42)/b28-18-,40-31?/t23-,29?,36?/m0/s1. The van der Waals surface area contributed by atoms with Crippen LogP contribution in [0.2, 0.25) is 0 Å². The molecule has 3 aromatic carbocycles. The van der Waals surface area contributed by atoms with Crippen LogP contribution in [0, 0.1) is 11.8 Å². The van der Waals surface area contributed by atoms with Gasteiger partial charge in [-0.1, -0.05) is 79.2 Å². The summed E-state index contributed by atoms with van der Waals surface area (Å²) in [5.41, 5.74) is 6.86. The number of para-hydroxylation sites is 1. The van der Waals surface area contributed by atoms with Gasteiger partial charge in [-0.05, 0) is 82.4 Å². The highest BCUT2D eigenvalue weighted by Crippen LogP contribution is 2.59. The Kier molecular flexibility index (Phi) is 6.77. The van der Waals surface area contributed by atoms with E-state index in [1.54, 1.807) is 6.07 Å².